The van der Waals surface area contributed by atoms with E-state index >= 15 is 8.78 Å². The first-order valence-corrected chi connectivity index (χ1v) is 18.8. The molecule has 0 unspecified atom stereocenters. The second kappa shape index (κ2) is 14.2. The highest BCUT2D eigenvalue weighted by Crippen LogP contribution is 2.47. The van der Waals surface area contributed by atoms with Gasteiger partial charge in [-0.25, -0.2) is 4.79 Å². The Hall–Kier alpha value is -4.36. The topological polar surface area (TPSA) is 101 Å². The number of hydrogen-bond donors (Lipinski definition) is 1. The van der Waals surface area contributed by atoms with Gasteiger partial charge in [-0.05, 0) is 59.1 Å². The Morgan fingerprint density at radius 1 is 0.837 bits per heavy atom. The zero-order valence-electron chi connectivity index (χ0n) is 28.7. The van der Waals surface area contributed by atoms with Crippen molar-refractivity contribution in [3.8, 4) is 11.5 Å². The molecule has 0 radical (unpaired) electrons. The van der Waals surface area contributed by atoms with E-state index in [-0.39, 0.29) is 11.6 Å². The second-order valence-corrected chi connectivity index (χ2v) is 18.1. The third-order valence-corrected chi connectivity index (χ3v) is 13.9. The predicted molar refractivity (Wildman–Crippen MR) is 185 cm³/mol. The summed E-state index contributed by atoms with van der Waals surface area (Å²) in [6.45, 7) is 9.49. The molecule has 0 saturated carbocycles. The molecule has 3 aromatic carbocycles. The van der Waals surface area contributed by atoms with Gasteiger partial charge in [-0.2, -0.15) is 8.78 Å². The second-order valence-electron chi connectivity index (χ2n) is 13.4. The maximum atomic E-state index is 15.2. The predicted octanol–water partition coefficient (Wildman–Crippen LogP) is 7.00. The molecule has 1 aliphatic heterocycles. The lowest BCUT2D eigenvalue weighted by atomic mass is 9.80. The van der Waals surface area contributed by atoms with Crippen molar-refractivity contribution in [3.63, 3.8) is 0 Å². The molecule has 1 saturated heterocycles. The van der Waals surface area contributed by atoms with Gasteiger partial charge in [-0.15, -0.1) is 0 Å². The zero-order chi connectivity index (χ0) is 35.6. The van der Waals surface area contributed by atoms with Crippen LogP contribution in [0.15, 0.2) is 112 Å². The van der Waals surface area contributed by atoms with Crippen LogP contribution in [0.3, 0.4) is 0 Å². The number of nitrogens with one attached hydrogen (secondary N) is 1. The Kier molecular flexibility index (Phi) is 10.4. The Morgan fingerprint density at radius 2 is 1.37 bits per heavy atom. The van der Waals surface area contributed by atoms with Gasteiger partial charge in [0.2, 0.25) is 0 Å². The molecule has 0 spiro atoms. The highest BCUT2D eigenvalue weighted by atomic mass is 28.4. The molecule has 1 aromatic heterocycles. The summed E-state index contributed by atoms with van der Waals surface area (Å²) in [6.07, 6.45) is -4.74. The van der Waals surface area contributed by atoms with E-state index in [4.69, 9.17) is 23.4 Å². The number of aromatic nitrogens is 2. The standard InChI is InChI=1S/C37H42F2N2O7Si/c1-36(2,3)49(6,7)48-32-31(33(38)39)29(47-34(32)41-22-21-30(42)40-35(41)43)23-46-37(24-11-9-8-10-12-24,25-13-17-27(44-4)18-14-25)26-15-19-28(45-5)20-16-26/h8-22,29,32,34H,23H2,1-7H3,(H,40,42,43)/t29-,32-,34-/m1/s1. The molecule has 2 heterocycles. The first-order chi connectivity index (χ1) is 23.2. The molecular formula is C37H42F2N2O7Si. The van der Waals surface area contributed by atoms with Crippen molar-refractivity contribution < 1.29 is 32.2 Å². The normalized spacial score (nSPS) is 18.4. The van der Waals surface area contributed by atoms with Crippen molar-refractivity contribution >= 4 is 8.32 Å². The van der Waals surface area contributed by atoms with E-state index in [2.05, 4.69) is 4.98 Å². The Labute approximate surface area is 285 Å². The van der Waals surface area contributed by atoms with Crippen molar-refractivity contribution in [2.24, 2.45) is 0 Å². The van der Waals surface area contributed by atoms with E-state index in [1.165, 1.54) is 6.20 Å². The van der Waals surface area contributed by atoms with Crippen LogP contribution < -0.4 is 20.7 Å². The lowest BCUT2D eigenvalue weighted by Gasteiger charge is -2.39. The first-order valence-electron chi connectivity index (χ1n) is 15.9. The lowest BCUT2D eigenvalue weighted by Crippen LogP contribution is -2.47. The fraction of sp³-hybridized carbons (Fsp3) is 0.351. The van der Waals surface area contributed by atoms with Crippen LogP contribution in [-0.2, 0) is 19.5 Å². The van der Waals surface area contributed by atoms with Crippen LogP contribution in [0.2, 0.25) is 18.1 Å². The van der Waals surface area contributed by atoms with Gasteiger partial charge >= 0.3 is 5.69 Å². The number of H-pyrrole nitrogens is 1. The van der Waals surface area contributed by atoms with Gasteiger partial charge in [0.1, 0.15) is 29.3 Å². The average Bonchev–Trinajstić information content (AvgIpc) is 3.42. The monoisotopic (exact) mass is 692 g/mol. The molecule has 0 bridgehead atoms. The molecule has 12 heteroatoms. The number of rotatable bonds is 11. The van der Waals surface area contributed by atoms with E-state index in [0.29, 0.717) is 22.6 Å². The van der Waals surface area contributed by atoms with E-state index in [0.717, 1.165) is 16.2 Å². The van der Waals surface area contributed by atoms with Gasteiger partial charge in [-0.1, -0.05) is 75.4 Å². The van der Waals surface area contributed by atoms with E-state index in [9.17, 15) is 9.59 Å². The Morgan fingerprint density at radius 3 is 1.84 bits per heavy atom. The molecule has 4 aromatic rings. The van der Waals surface area contributed by atoms with Gasteiger partial charge in [0.05, 0.1) is 26.4 Å². The minimum absolute atomic E-state index is 0.356. The summed E-state index contributed by atoms with van der Waals surface area (Å²) in [6, 6.07) is 25.3. The number of halogens is 2. The molecular weight excluding hydrogens is 650 g/mol. The van der Waals surface area contributed by atoms with Crippen LogP contribution in [0.5, 0.6) is 11.5 Å². The SMILES string of the molecule is COc1ccc(C(OC[C@H]2O[C@@H](n3ccc(=O)[nH]c3=O)[C@H](O[Si](C)(C)C(C)(C)C)C2=C(F)F)(c2ccccc2)c2ccc(OC)cc2)cc1. The van der Waals surface area contributed by atoms with Gasteiger partial charge in [0.15, 0.2) is 14.5 Å². The molecule has 1 N–H and O–H groups in total. The van der Waals surface area contributed by atoms with Gasteiger partial charge in [0, 0.05) is 12.3 Å². The third-order valence-electron chi connectivity index (χ3n) is 9.41. The molecule has 49 heavy (non-hydrogen) atoms. The van der Waals surface area contributed by atoms with Crippen molar-refractivity contribution in [3.05, 3.63) is 140 Å². The van der Waals surface area contributed by atoms with Crippen molar-refractivity contribution in [1.82, 2.24) is 9.55 Å². The van der Waals surface area contributed by atoms with Crippen LogP contribution in [0, 0.1) is 0 Å². The van der Waals surface area contributed by atoms with Gasteiger partial charge in [-0.3, -0.25) is 14.3 Å². The molecule has 260 valence electrons. The highest BCUT2D eigenvalue weighted by molar-refractivity contribution is 6.74. The molecule has 0 amide bonds. The minimum atomic E-state index is -2.73. The van der Waals surface area contributed by atoms with Crippen LogP contribution in [0.1, 0.15) is 43.7 Å². The number of ether oxygens (including phenoxy) is 4. The smallest absolute Gasteiger partial charge is 0.330 e. The third kappa shape index (κ3) is 7.18. The Balaban J connectivity index is 1.66. The first kappa shape index (κ1) is 35.9. The van der Waals surface area contributed by atoms with Crippen molar-refractivity contribution in [2.75, 3.05) is 20.8 Å². The van der Waals surface area contributed by atoms with Gasteiger partial charge < -0.3 is 23.4 Å². The quantitative estimate of drug-likeness (QED) is 0.134. The van der Waals surface area contributed by atoms with Crippen LogP contribution >= 0.6 is 0 Å². The number of benzene rings is 3. The molecule has 1 aliphatic rings. The number of nitrogens with zero attached hydrogens (tertiary/aromatic N) is 1. The summed E-state index contributed by atoms with van der Waals surface area (Å²) in [7, 11) is 0.419. The maximum absolute atomic E-state index is 15.2. The van der Waals surface area contributed by atoms with Crippen LogP contribution in [0.4, 0.5) is 8.78 Å². The largest absolute Gasteiger partial charge is 0.497 e. The molecule has 0 aliphatic carbocycles. The van der Waals surface area contributed by atoms with E-state index in [1.807, 2.05) is 88.5 Å². The maximum Gasteiger partial charge on any atom is 0.330 e. The van der Waals surface area contributed by atoms with Gasteiger partial charge in [0.25, 0.3) is 11.6 Å². The van der Waals surface area contributed by atoms with Crippen molar-refractivity contribution in [2.45, 2.75) is 62.9 Å². The summed E-state index contributed by atoms with van der Waals surface area (Å²) in [5, 5.41) is -0.356. The Bertz CT molecular complexity index is 1830. The average molecular weight is 693 g/mol. The van der Waals surface area contributed by atoms with Crippen LogP contribution in [0.25, 0.3) is 0 Å². The molecule has 9 nitrogen and oxygen atoms in total. The lowest BCUT2D eigenvalue weighted by molar-refractivity contribution is -0.0845. The summed E-state index contributed by atoms with van der Waals surface area (Å²) in [5.41, 5.74) is -1.02. The zero-order valence-corrected chi connectivity index (χ0v) is 29.7. The summed E-state index contributed by atoms with van der Waals surface area (Å²) in [4.78, 5) is 27.2. The fourth-order valence-electron chi connectivity index (χ4n) is 5.74. The van der Waals surface area contributed by atoms with Crippen LogP contribution in [-0.4, -0.2) is 50.9 Å². The number of methoxy groups -OCH3 is 2. The molecule has 1 fully saturated rings. The van der Waals surface area contributed by atoms with E-state index < -0.39 is 55.3 Å². The number of hydrogen-bond acceptors (Lipinski definition) is 7. The summed E-state index contributed by atoms with van der Waals surface area (Å²) < 4.78 is 62.2. The minimum Gasteiger partial charge on any atom is -0.497 e. The van der Waals surface area contributed by atoms with E-state index in [1.54, 1.807) is 38.5 Å². The number of aromatic amines is 1. The molecule has 3 atom stereocenters. The highest BCUT2D eigenvalue weighted by Gasteiger charge is 2.51. The molecule has 5 rings (SSSR count). The van der Waals surface area contributed by atoms with Crippen molar-refractivity contribution in [1.29, 1.82) is 0 Å². The summed E-state index contributed by atoms with van der Waals surface area (Å²) in [5.74, 6) is 1.26. The summed E-state index contributed by atoms with van der Waals surface area (Å²) >= 11 is 0. The fourth-order valence-corrected chi connectivity index (χ4v) is 6.97.